The van der Waals surface area contributed by atoms with Crippen molar-refractivity contribution in [3.8, 4) is 23.0 Å². The van der Waals surface area contributed by atoms with Crippen molar-refractivity contribution in [2.24, 2.45) is 5.92 Å². The summed E-state index contributed by atoms with van der Waals surface area (Å²) < 4.78 is 21.8. The van der Waals surface area contributed by atoms with E-state index in [1.54, 1.807) is 21.3 Å². The molecule has 0 N–H and O–H groups in total. The molecule has 1 aliphatic rings. The quantitative estimate of drug-likeness (QED) is 0.591. The summed E-state index contributed by atoms with van der Waals surface area (Å²) in [6.07, 6.45) is 4.65. The van der Waals surface area contributed by atoms with Gasteiger partial charge in [-0.1, -0.05) is 6.07 Å². The highest BCUT2D eigenvalue weighted by Gasteiger charge is 2.19. The van der Waals surface area contributed by atoms with Gasteiger partial charge in [0.1, 0.15) is 11.5 Å². The van der Waals surface area contributed by atoms with Gasteiger partial charge in [-0.3, -0.25) is 0 Å². The molecule has 0 aromatic heterocycles. The maximum Gasteiger partial charge on any atom is 0.160 e. The molecule has 3 rings (SSSR count). The summed E-state index contributed by atoms with van der Waals surface area (Å²) in [4.78, 5) is 2.57. The molecule has 0 spiro atoms. The monoisotopic (exact) mass is 399 g/mol. The van der Waals surface area contributed by atoms with E-state index in [0.29, 0.717) is 0 Å². The van der Waals surface area contributed by atoms with Crippen LogP contribution in [-0.2, 0) is 6.42 Å². The number of methoxy groups -OCH3 is 3. The normalized spacial score (nSPS) is 15.1. The first kappa shape index (κ1) is 21.3. The van der Waals surface area contributed by atoms with E-state index in [4.69, 9.17) is 18.9 Å². The summed E-state index contributed by atoms with van der Waals surface area (Å²) >= 11 is 0. The fourth-order valence-corrected chi connectivity index (χ4v) is 3.84. The molecule has 29 heavy (non-hydrogen) atoms. The number of nitrogens with zero attached hydrogens (tertiary/aromatic N) is 1. The van der Waals surface area contributed by atoms with Gasteiger partial charge in [0.15, 0.2) is 11.5 Å². The van der Waals surface area contributed by atoms with E-state index >= 15 is 0 Å². The van der Waals surface area contributed by atoms with Crippen molar-refractivity contribution >= 4 is 0 Å². The Morgan fingerprint density at radius 2 is 1.52 bits per heavy atom. The molecule has 0 amide bonds. The van der Waals surface area contributed by atoms with Gasteiger partial charge in [0.25, 0.3) is 0 Å². The third kappa shape index (κ3) is 6.29. The lowest BCUT2D eigenvalue weighted by atomic mass is 9.93. The van der Waals surface area contributed by atoms with Crippen molar-refractivity contribution in [2.45, 2.75) is 25.7 Å². The Labute approximate surface area is 174 Å². The number of piperidine rings is 1. The lowest BCUT2D eigenvalue weighted by Crippen LogP contribution is -2.35. The smallest absolute Gasteiger partial charge is 0.160 e. The van der Waals surface area contributed by atoms with E-state index in [9.17, 15) is 0 Å². The maximum atomic E-state index is 5.89. The Hall–Kier alpha value is -2.40. The Balaban J connectivity index is 1.35. The molecular formula is C24H33NO4. The highest BCUT2D eigenvalue weighted by atomic mass is 16.5. The average molecular weight is 400 g/mol. The summed E-state index contributed by atoms with van der Waals surface area (Å²) in [6.45, 7) is 4.20. The molecule has 2 aromatic carbocycles. The summed E-state index contributed by atoms with van der Waals surface area (Å²) in [5.74, 6) is 4.12. The predicted molar refractivity (Wildman–Crippen MR) is 116 cm³/mol. The fraction of sp³-hybridized carbons (Fsp3) is 0.500. The second-order valence-corrected chi connectivity index (χ2v) is 7.54. The molecule has 0 saturated carbocycles. The van der Waals surface area contributed by atoms with Crippen LogP contribution in [0.4, 0.5) is 0 Å². The van der Waals surface area contributed by atoms with Crippen LogP contribution in [0.1, 0.15) is 24.8 Å². The summed E-state index contributed by atoms with van der Waals surface area (Å²) in [7, 11) is 5.03. The Morgan fingerprint density at radius 1 is 0.828 bits per heavy atom. The van der Waals surface area contributed by atoms with Gasteiger partial charge in [0, 0.05) is 6.54 Å². The van der Waals surface area contributed by atoms with Crippen LogP contribution in [0.25, 0.3) is 0 Å². The molecule has 0 radical (unpaired) electrons. The lowest BCUT2D eigenvalue weighted by Gasteiger charge is -2.32. The first-order chi connectivity index (χ1) is 14.2. The molecule has 0 aliphatic carbocycles. The number of ether oxygens (including phenoxy) is 4. The first-order valence-electron chi connectivity index (χ1n) is 10.4. The van der Waals surface area contributed by atoms with E-state index in [-0.39, 0.29) is 0 Å². The van der Waals surface area contributed by atoms with Gasteiger partial charge in [-0.15, -0.1) is 0 Å². The second kappa shape index (κ2) is 11.0. The maximum absolute atomic E-state index is 5.89. The van der Waals surface area contributed by atoms with Crippen LogP contribution in [0, 0.1) is 5.92 Å². The van der Waals surface area contributed by atoms with Gasteiger partial charge in [0.2, 0.25) is 0 Å². The molecule has 158 valence electrons. The van der Waals surface area contributed by atoms with E-state index in [2.05, 4.69) is 17.0 Å². The van der Waals surface area contributed by atoms with Crippen LogP contribution in [0.5, 0.6) is 23.0 Å². The molecule has 5 heteroatoms. The molecule has 0 bridgehead atoms. The van der Waals surface area contributed by atoms with Gasteiger partial charge >= 0.3 is 0 Å². The zero-order valence-corrected chi connectivity index (χ0v) is 17.9. The van der Waals surface area contributed by atoms with Crippen molar-refractivity contribution in [3.05, 3.63) is 48.0 Å². The minimum Gasteiger partial charge on any atom is -0.497 e. The number of hydrogen-bond acceptors (Lipinski definition) is 5. The Kier molecular flexibility index (Phi) is 8.05. The molecule has 1 saturated heterocycles. The van der Waals surface area contributed by atoms with Crippen molar-refractivity contribution in [3.63, 3.8) is 0 Å². The molecule has 2 aromatic rings. The molecule has 0 unspecified atom stereocenters. The van der Waals surface area contributed by atoms with E-state index in [1.165, 1.54) is 31.5 Å². The molecular weight excluding hydrogens is 366 g/mol. The van der Waals surface area contributed by atoms with Crippen LogP contribution in [0.2, 0.25) is 0 Å². The standard InChI is InChI=1S/C24H33NO4/c1-26-21-5-7-22(8-6-21)29-17-13-19-10-14-25(15-11-19)16-12-20-4-9-23(27-2)24(18-20)28-3/h4-9,18-19H,10-17H2,1-3H3. The minimum atomic E-state index is 0.755. The van der Waals surface area contributed by atoms with Crippen molar-refractivity contribution in [2.75, 3.05) is 47.6 Å². The number of hydrogen-bond donors (Lipinski definition) is 0. The molecule has 1 aliphatic heterocycles. The first-order valence-corrected chi connectivity index (χ1v) is 10.4. The second-order valence-electron chi connectivity index (χ2n) is 7.54. The van der Waals surface area contributed by atoms with E-state index in [0.717, 1.165) is 54.9 Å². The highest BCUT2D eigenvalue weighted by molar-refractivity contribution is 5.43. The van der Waals surface area contributed by atoms with Gasteiger partial charge in [-0.05, 0) is 86.7 Å². The van der Waals surface area contributed by atoms with Crippen molar-refractivity contribution in [1.82, 2.24) is 4.90 Å². The van der Waals surface area contributed by atoms with Gasteiger partial charge in [-0.25, -0.2) is 0 Å². The van der Waals surface area contributed by atoms with Crippen LogP contribution in [0.3, 0.4) is 0 Å². The molecule has 5 nitrogen and oxygen atoms in total. The third-order valence-corrected chi connectivity index (χ3v) is 5.73. The number of rotatable bonds is 10. The van der Waals surface area contributed by atoms with E-state index < -0.39 is 0 Å². The molecule has 1 fully saturated rings. The summed E-state index contributed by atoms with van der Waals surface area (Å²) in [5.41, 5.74) is 1.29. The SMILES string of the molecule is COc1ccc(OCCC2CCN(CCc3ccc(OC)c(OC)c3)CC2)cc1. The number of benzene rings is 2. The average Bonchev–Trinajstić information content (AvgIpc) is 2.78. The Bertz CT molecular complexity index is 739. The van der Waals surface area contributed by atoms with Gasteiger partial charge in [0.05, 0.1) is 27.9 Å². The predicted octanol–water partition coefficient (Wildman–Crippen LogP) is 4.44. The highest BCUT2D eigenvalue weighted by Crippen LogP contribution is 2.28. The van der Waals surface area contributed by atoms with Crippen molar-refractivity contribution in [1.29, 1.82) is 0 Å². The fourth-order valence-electron chi connectivity index (χ4n) is 3.84. The molecule has 0 atom stereocenters. The summed E-state index contributed by atoms with van der Waals surface area (Å²) in [6, 6.07) is 14.0. The van der Waals surface area contributed by atoms with Crippen LogP contribution < -0.4 is 18.9 Å². The van der Waals surface area contributed by atoms with Crippen LogP contribution >= 0.6 is 0 Å². The third-order valence-electron chi connectivity index (χ3n) is 5.73. The Morgan fingerprint density at radius 3 is 2.17 bits per heavy atom. The number of likely N-dealkylation sites (tertiary alicyclic amines) is 1. The molecule has 1 heterocycles. The zero-order valence-electron chi connectivity index (χ0n) is 17.9. The lowest BCUT2D eigenvalue weighted by molar-refractivity contribution is 0.164. The van der Waals surface area contributed by atoms with Gasteiger partial charge in [-0.2, -0.15) is 0 Å². The van der Waals surface area contributed by atoms with Crippen molar-refractivity contribution < 1.29 is 18.9 Å². The topological polar surface area (TPSA) is 40.2 Å². The van der Waals surface area contributed by atoms with Crippen LogP contribution in [-0.4, -0.2) is 52.5 Å². The minimum absolute atomic E-state index is 0.755. The van der Waals surface area contributed by atoms with E-state index in [1.807, 2.05) is 30.3 Å². The van der Waals surface area contributed by atoms with Gasteiger partial charge < -0.3 is 23.8 Å². The summed E-state index contributed by atoms with van der Waals surface area (Å²) in [5, 5.41) is 0. The van der Waals surface area contributed by atoms with Crippen LogP contribution in [0.15, 0.2) is 42.5 Å². The largest absolute Gasteiger partial charge is 0.497 e. The zero-order chi connectivity index (χ0) is 20.5.